The lowest BCUT2D eigenvalue weighted by Crippen LogP contribution is -2.25. The van der Waals surface area contributed by atoms with Gasteiger partial charge in [0.05, 0.1) is 10.8 Å². The van der Waals surface area contributed by atoms with E-state index in [-0.39, 0.29) is 35.8 Å². The SMILES string of the molecule is O=C(CSc1nnc(COc2ccccc2Cl)n1C1CC1)Nc1ccc2c(c1)OC(F)(F)O2. The summed E-state index contributed by atoms with van der Waals surface area (Å²) in [6.07, 6.45) is -1.71. The summed E-state index contributed by atoms with van der Waals surface area (Å²) in [6.45, 7) is 0.196. The van der Waals surface area contributed by atoms with E-state index < -0.39 is 6.29 Å². The van der Waals surface area contributed by atoms with Crippen molar-refractivity contribution in [3.05, 3.63) is 53.3 Å². The van der Waals surface area contributed by atoms with E-state index in [9.17, 15) is 13.6 Å². The van der Waals surface area contributed by atoms with Gasteiger partial charge in [0, 0.05) is 17.8 Å². The van der Waals surface area contributed by atoms with Crippen LogP contribution in [0.2, 0.25) is 5.02 Å². The minimum absolute atomic E-state index is 0.0564. The number of anilines is 1. The van der Waals surface area contributed by atoms with Crippen LogP contribution in [0.1, 0.15) is 24.7 Å². The molecule has 2 aromatic carbocycles. The van der Waals surface area contributed by atoms with Gasteiger partial charge in [0.25, 0.3) is 0 Å². The Morgan fingerprint density at radius 1 is 1.21 bits per heavy atom. The van der Waals surface area contributed by atoms with Crippen molar-refractivity contribution in [3.8, 4) is 17.2 Å². The van der Waals surface area contributed by atoms with Crippen LogP contribution < -0.4 is 19.5 Å². The highest BCUT2D eigenvalue weighted by Gasteiger charge is 2.43. The van der Waals surface area contributed by atoms with Gasteiger partial charge in [-0.05, 0) is 37.1 Å². The zero-order valence-electron chi connectivity index (χ0n) is 17.0. The molecule has 1 saturated carbocycles. The van der Waals surface area contributed by atoms with Gasteiger partial charge in [-0.15, -0.1) is 19.0 Å². The predicted octanol–water partition coefficient (Wildman–Crippen LogP) is 4.90. The number of nitrogens with zero attached hydrogens (tertiary/aromatic N) is 3. The van der Waals surface area contributed by atoms with Crippen molar-refractivity contribution in [3.63, 3.8) is 0 Å². The summed E-state index contributed by atoms with van der Waals surface area (Å²) in [6, 6.07) is 11.5. The van der Waals surface area contributed by atoms with Crippen molar-refractivity contribution in [2.24, 2.45) is 0 Å². The molecule has 12 heteroatoms. The van der Waals surface area contributed by atoms with Gasteiger partial charge in [-0.3, -0.25) is 9.36 Å². The van der Waals surface area contributed by atoms with Gasteiger partial charge in [-0.2, -0.15) is 0 Å². The number of benzene rings is 2. The van der Waals surface area contributed by atoms with Crippen LogP contribution in [0.15, 0.2) is 47.6 Å². The number of halogens is 3. The number of fused-ring (bicyclic) bond motifs is 1. The Bertz CT molecular complexity index is 1200. The normalized spacial score (nSPS) is 16.0. The number of hydrogen-bond donors (Lipinski definition) is 1. The summed E-state index contributed by atoms with van der Waals surface area (Å²) in [5.41, 5.74) is 0.318. The van der Waals surface area contributed by atoms with E-state index in [1.165, 1.54) is 30.0 Å². The summed E-state index contributed by atoms with van der Waals surface area (Å²) >= 11 is 7.37. The van der Waals surface area contributed by atoms with Gasteiger partial charge in [0.15, 0.2) is 22.5 Å². The van der Waals surface area contributed by atoms with E-state index in [4.69, 9.17) is 16.3 Å². The molecule has 1 aromatic heterocycles. The first kappa shape index (κ1) is 21.8. The summed E-state index contributed by atoms with van der Waals surface area (Å²) in [7, 11) is 0. The zero-order valence-corrected chi connectivity index (χ0v) is 18.5. The Morgan fingerprint density at radius 2 is 2.00 bits per heavy atom. The molecular weight excluding hydrogens is 478 g/mol. The van der Waals surface area contributed by atoms with E-state index in [0.717, 1.165) is 12.8 Å². The van der Waals surface area contributed by atoms with Crippen LogP contribution >= 0.6 is 23.4 Å². The summed E-state index contributed by atoms with van der Waals surface area (Å²) in [5.74, 6) is 0.709. The first-order valence-electron chi connectivity index (χ1n) is 10.0. The maximum absolute atomic E-state index is 13.2. The lowest BCUT2D eigenvalue weighted by Gasteiger charge is -2.11. The first-order valence-corrected chi connectivity index (χ1v) is 11.4. The second-order valence-corrected chi connectivity index (χ2v) is 8.73. The molecule has 172 valence electrons. The molecule has 1 aliphatic carbocycles. The third kappa shape index (κ3) is 4.98. The number of rotatable bonds is 8. The number of alkyl halides is 2. The van der Waals surface area contributed by atoms with Crippen molar-refractivity contribution in [1.29, 1.82) is 0 Å². The number of hydrogen-bond acceptors (Lipinski definition) is 7. The van der Waals surface area contributed by atoms with Crippen LogP contribution in [0, 0.1) is 0 Å². The Hall–Kier alpha value is -3.05. The topological polar surface area (TPSA) is 87.5 Å². The molecule has 0 atom stereocenters. The Kier molecular flexibility index (Phi) is 5.75. The van der Waals surface area contributed by atoms with Crippen molar-refractivity contribution in [2.45, 2.75) is 36.9 Å². The fourth-order valence-electron chi connectivity index (χ4n) is 3.26. The first-order chi connectivity index (χ1) is 15.9. The van der Waals surface area contributed by atoms with E-state index in [0.29, 0.717) is 27.4 Å². The molecule has 8 nitrogen and oxygen atoms in total. The molecule has 1 amide bonds. The summed E-state index contributed by atoms with van der Waals surface area (Å²) in [5, 5.41) is 12.2. The van der Waals surface area contributed by atoms with Crippen LogP contribution in [0.3, 0.4) is 0 Å². The number of carbonyl (C=O) groups excluding carboxylic acids is 1. The quantitative estimate of drug-likeness (QED) is 0.446. The fraction of sp³-hybridized carbons (Fsp3) is 0.286. The average molecular weight is 495 g/mol. The zero-order chi connectivity index (χ0) is 23.0. The number of amides is 1. The number of carbonyl (C=O) groups is 1. The second-order valence-electron chi connectivity index (χ2n) is 7.38. The van der Waals surface area contributed by atoms with Gasteiger partial charge in [-0.1, -0.05) is 35.5 Å². The summed E-state index contributed by atoms with van der Waals surface area (Å²) in [4.78, 5) is 12.4. The highest BCUT2D eigenvalue weighted by molar-refractivity contribution is 7.99. The molecule has 0 saturated heterocycles. The van der Waals surface area contributed by atoms with Crippen molar-refractivity contribution in [2.75, 3.05) is 11.1 Å². The molecule has 33 heavy (non-hydrogen) atoms. The molecule has 0 spiro atoms. The number of thioether (sulfide) groups is 1. The van der Waals surface area contributed by atoms with E-state index in [1.54, 1.807) is 12.1 Å². The molecule has 5 rings (SSSR count). The summed E-state index contributed by atoms with van der Waals surface area (Å²) < 4.78 is 42.8. The second kappa shape index (κ2) is 8.71. The number of nitrogens with one attached hydrogen (secondary N) is 1. The van der Waals surface area contributed by atoms with Crippen molar-refractivity contribution < 1.29 is 27.8 Å². The van der Waals surface area contributed by atoms with E-state index in [2.05, 4.69) is 25.0 Å². The van der Waals surface area contributed by atoms with Crippen LogP contribution in [0.4, 0.5) is 14.5 Å². The standard InChI is InChI=1S/C21H17ClF2N4O4S/c22-14-3-1-2-4-15(14)30-10-18-26-27-20(28(18)13-6-7-13)33-11-19(29)25-12-5-8-16-17(9-12)32-21(23,24)31-16/h1-5,8-9,13H,6-7,10-11H2,(H,25,29). The maximum Gasteiger partial charge on any atom is 0.586 e. The monoisotopic (exact) mass is 494 g/mol. The fourth-order valence-corrected chi connectivity index (χ4v) is 4.28. The molecule has 0 radical (unpaired) electrons. The molecule has 3 aromatic rings. The van der Waals surface area contributed by atoms with Crippen molar-refractivity contribution >= 4 is 35.0 Å². The molecule has 2 aliphatic rings. The number of ether oxygens (including phenoxy) is 3. The van der Waals surface area contributed by atoms with Crippen molar-refractivity contribution in [1.82, 2.24) is 14.8 Å². The third-order valence-electron chi connectivity index (χ3n) is 4.86. The smallest absolute Gasteiger partial charge is 0.484 e. The van der Waals surface area contributed by atoms with Gasteiger partial charge < -0.3 is 19.5 Å². The lowest BCUT2D eigenvalue weighted by molar-refractivity contribution is -0.286. The van der Waals surface area contributed by atoms with Gasteiger partial charge >= 0.3 is 6.29 Å². The highest BCUT2D eigenvalue weighted by Crippen LogP contribution is 2.42. The van der Waals surface area contributed by atoms with Crippen LogP contribution in [-0.4, -0.2) is 32.7 Å². The lowest BCUT2D eigenvalue weighted by atomic mass is 10.3. The minimum atomic E-state index is -3.71. The number of aromatic nitrogens is 3. The van der Waals surface area contributed by atoms with Crippen LogP contribution in [-0.2, 0) is 11.4 Å². The molecular formula is C21H17ClF2N4O4S. The number of para-hydroxylation sites is 1. The Balaban J connectivity index is 1.20. The Labute approximate surface area is 196 Å². The van der Waals surface area contributed by atoms with Gasteiger partial charge in [0.1, 0.15) is 12.4 Å². The Morgan fingerprint density at radius 3 is 2.79 bits per heavy atom. The van der Waals surface area contributed by atoms with Gasteiger partial charge in [-0.25, -0.2) is 0 Å². The predicted molar refractivity (Wildman–Crippen MR) is 116 cm³/mol. The largest absolute Gasteiger partial charge is 0.586 e. The van der Waals surface area contributed by atoms with Crippen LogP contribution in [0.25, 0.3) is 0 Å². The van der Waals surface area contributed by atoms with Crippen LogP contribution in [0.5, 0.6) is 17.2 Å². The molecule has 2 heterocycles. The minimum Gasteiger partial charge on any atom is -0.484 e. The molecule has 1 N–H and O–H groups in total. The average Bonchev–Trinajstić information content (AvgIpc) is 3.45. The molecule has 0 unspecified atom stereocenters. The van der Waals surface area contributed by atoms with E-state index in [1.807, 2.05) is 16.7 Å². The molecule has 0 bridgehead atoms. The maximum atomic E-state index is 13.2. The highest BCUT2D eigenvalue weighted by atomic mass is 35.5. The van der Waals surface area contributed by atoms with Gasteiger partial charge in [0.2, 0.25) is 5.91 Å². The molecule has 1 aliphatic heterocycles. The third-order valence-corrected chi connectivity index (χ3v) is 6.11. The van der Waals surface area contributed by atoms with E-state index >= 15 is 0 Å². The molecule has 1 fully saturated rings.